The van der Waals surface area contributed by atoms with Gasteiger partial charge in [-0.15, -0.1) is 32.9 Å². The van der Waals surface area contributed by atoms with Gasteiger partial charge in [0.15, 0.2) is 5.82 Å². The normalized spacial score (nSPS) is 24.3. The second kappa shape index (κ2) is 10.4. The lowest BCUT2D eigenvalue weighted by atomic mass is 9.75. The minimum absolute atomic E-state index is 0.0668. The Bertz CT molecular complexity index is 1440. The minimum Gasteiger partial charge on any atom is -0.354 e. The zero-order chi connectivity index (χ0) is 28.0. The van der Waals surface area contributed by atoms with Gasteiger partial charge in [-0.2, -0.15) is 10.5 Å². The van der Waals surface area contributed by atoms with Gasteiger partial charge in [0.25, 0.3) is 11.8 Å². The van der Waals surface area contributed by atoms with Crippen LogP contribution >= 0.6 is 22.7 Å². The van der Waals surface area contributed by atoms with E-state index in [9.17, 15) is 19.6 Å². The molecule has 0 spiro atoms. The van der Waals surface area contributed by atoms with Gasteiger partial charge in [-0.05, 0) is 67.8 Å². The first-order valence-electron chi connectivity index (χ1n) is 13.3. The predicted octanol–water partition coefficient (Wildman–Crippen LogP) is 0.968. The Hall–Kier alpha value is -3.67. The van der Waals surface area contributed by atoms with E-state index in [1.165, 1.54) is 22.7 Å². The molecular weight excluding hydrogens is 550 g/mol. The molecule has 2 aliphatic carbocycles. The molecule has 40 heavy (non-hydrogen) atoms. The van der Waals surface area contributed by atoms with Gasteiger partial charge in [-0.25, -0.2) is 0 Å². The number of fused-ring (bicyclic) bond motifs is 3. The molecule has 3 aromatic rings. The average molecular weight is 580 g/mol. The lowest BCUT2D eigenvalue weighted by Crippen LogP contribution is -2.44. The molecule has 1 aliphatic heterocycles. The van der Waals surface area contributed by atoms with E-state index in [2.05, 4.69) is 42.6 Å². The summed E-state index contributed by atoms with van der Waals surface area (Å²) in [5.74, 6) is 0.498. The highest BCUT2D eigenvalue weighted by Gasteiger charge is 2.54. The van der Waals surface area contributed by atoms with Crippen molar-refractivity contribution in [3.8, 4) is 6.07 Å². The quantitative estimate of drug-likeness (QED) is 0.286. The number of aryl methyl sites for hydroxylation is 2. The number of hydrogen-bond donors (Lipinski definition) is 4. The topological polar surface area (TPSA) is 169 Å². The molecule has 0 aromatic carbocycles. The van der Waals surface area contributed by atoms with Crippen LogP contribution in [0.15, 0.2) is 12.1 Å². The number of aromatic amines is 1. The average Bonchev–Trinajstić information content (AvgIpc) is 3.46. The smallest absolute Gasteiger partial charge is 0.261 e. The van der Waals surface area contributed by atoms with Gasteiger partial charge in [0.05, 0.1) is 27.8 Å². The number of amides is 3. The van der Waals surface area contributed by atoms with Crippen LogP contribution in [-0.4, -0.2) is 82.5 Å². The highest BCUT2D eigenvalue weighted by atomic mass is 32.1. The van der Waals surface area contributed by atoms with Crippen molar-refractivity contribution in [1.82, 2.24) is 41.5 Å². The van der Waals surface area contributed by atoms with Crippen molar-refractivity contribution in [2.45, 2.75) is 49.6 Å². The zero-order valence-electron chi connectivity index (χ0n) is 22.1. The molecule has 1 unspecified atom stereocenters. The van der Waals surface area contributed by atoms with Crippen molar-refractivity contribution in [2.75, 3.05) is 27.2 Å². The van der Waals surface area contributed by atoms with Crippen LogP contribution in [0.3, 0.4) is 0 Å². The molecule has 208 valence electrons. The van der Waals surface area contributed by atoms with Crippen LogP contribution < -0.4 is 16.0 Å². The summed E-state index contributed by atoms with van der Waals surface area (Å²) in [6.07, 6.45) is 3.60. The van der Waals surface area contributed by atoms with Crippen molar-refractivity contribution >= 4 is 40.4 Å². The number of carbonyl (C=O) groups is 3. The predicted molar refractivity (Wildman–Crippen MR) is 147 cm³/mol. The second-order valence-corrected chi connectivity index (χ2v) is 12.6. The Morgan fingerprint density at radius 2 is 1.93 bits per heavy atom. The molecule has 0 bridgehead atoms. The fraction of sp³-hybridized carbons (Fsp3) is 0.500. The number of likely N-dealkylation sites (tertiary alicyclic amines) is 1. The molecule has 2 fully saturated rings. The molecule has 4 heterocycles. The van der Waals surface area contributed by atoms with Crippen LogP contribution in [0.5, 0.6) is 0 Å². The van der Waals surface area contributed by atoms with Gasteiger partial charge in [0.1, 0.15) is 6.04 Å². The number of H-pyrrole nitrogens is 1. The highest BCUT2D eigenvalue weighted by molar-refractivity contribution is 7.15. The van der Waals surface area contributed by atoms with Crippen LogP contribution in [0, 0.1) is 17.2 Å². The largest absolute Gasteiger partial charge is 0.354 e. The van der Waals surface area contributed by atoms with Crippen molar-refractivity contribution in [3.05, 3.63) is 48.6 Å². The highest BCUT2D eigenvalue weighted by Crippen LogP contribution is 2.51. The number of carbonyl (C=O) groups excluding carboxylic acids is 3. The molecule has 1 saturated carbocycles. The number of tetrazole rings is 1. The van der Waals surface area contributed by atoms with Gasteiger partial charge in [-0.3, -0.25) is 14.4 Å². The summed E-state index contributed by atoms with van der Waals surface area (Å²) in [5.41, 5.74) is 1.05. The van der Waals surface area contributed by atoms with Crippen LogP contribution in [0.4, 0.5) is 0 Å². The molecule has 4 N–H and O–H groups in total. The van der Waals surface area contributed by atoms with E-state index in [-0.39, 0.29) is 36.3 Å². The molecule has 6 rings (SSSR count). The Labute approximate surface area is 238 Å². The Morgan fingerprint density at radius 1 is 1.15 bits per heavy atom. The number of piperidine rings is 1. The summed E-state index contributed by atoms with van der Waals surface area (Å²) < 4.78 is 0. The number of nitrogens with zero attached hydrogens (tertiary/aromatic N) is 5. The zero-order valence-corrected chi connectivity index (χ0v) is 23.7. The van der Waals surface area contributed by atoms with E-state index in [4.69, 9.17) is 0 Å². The monoisotopic (exact) mass is 579 g/mol. The summed E-state index contributed by atoms with van der Waals surface area (Å²) in [4.78, 5) is 43.3. The van der Waals surface area contributed by atoms with Gasteiger partial charge in [0, 0.05) is 29.9 Å². The van der Waals surface area contributed by atoms with Crippen LogP contribution in [0.2, 0.25) is 0 Å². The molecule has 3 amide bonds. The SMILES string of the molecule is CNC(=O)c1cc2c(s1)CCc1cc(C(=O)NC)sc1C2(CCNCC(=O)N1[C@H](C#N)C[C@@H]2C[C@@H]21)c1nn[nH]n1. The first kappa shape index (κ1) is 26.5. The van der Waals surface area contributed by atoms with Gasteiger partial charge >= 0.3 is 0 Å². The van der Waals surface area contributed by atoms with Crippen molar-refractivity contribution in [3.63, 3.8) is 0 Å². The van der Waals surface area contributed by atoms with Gasteiger partial charge < -0.3 is 20.9 Å². The maximum absolute atomic E-state index is 13.1. The minimum atomic E-state index is -0.894. The third-order valence-electron chi connectivity index (χ3n) is 8.21. The van der Waals surface area contributed by atoms with E-state index < -0.39 is 5.41 Å². The van der Waals surface area contributed by atoms with Crippen molar-refractivity contribution in [2.24, 2.45) is 5.92 Å². The van der Waals surface area contributed by atoms with Crippen molar-refractivity contribution in [1.29, 1.82) is 5.26 Å². The van der Waals surface area contributed by atoms with E-state index in [1.807, 2.05) is 12.1 Å². The second-order valence-electron chi connectivity index (χ2n) is 10.4. The third-order valence-corrected chi connectivity index (χ3v) is 10.7. The summed E-state index contributed by atoms with van der Waals surface area (Å²) >= 11 is 2.85. The third kappa shape index (κ3) is 4.29. The lowest BCUT2D eigenvalue weighted by Gasteiger charge is -2.31. The maximum atomic E-state index is 13.1. The van der Waals surface area contributed by atoms with E-state index in [0.717, 1.165) is 33.7 Å². The van der Waals surface area contributed by atoms with E-state index >= 15 is 0 Å². The summed E-state index contributed by atoms with van der Waals surface area (Å²) in [7, 11) is 3.21. The molecule has 3 aromatic heterocycles. The number of thiophene rings is 2. The molecule has 14 heteroatoms. The first-order chi connectivity index (χ1) is 19.4. The molecule has 4 atom stereocenters. The molecule has 1 saturated heterocycles. The molecular formula is C26H29N9O3S2. The number of nitrogens with one attached hydrogen (secondary N) is 4. The lowest BCUT2D eigenvalue weighted by molar-refractivity contribution is -0.131. The Morgan fingerprint density at radius 3 is 2.62 bits per heavy atom. The fourth-order valence-corrected chi connectivity index (χ4v) is 8.78. The van der Waals surface area contributed by atoms with Crippen molar-refractivity contribution < 1.29 is 14.4 Å². The number of aromatic nitrogens is 4. The molecule has 12 nitrogen and oxygen atoms in total. The summed E-state index contributed by atoms with van der Waals surface area (Å²) in [5, 5.41) is 33.6. The first-order valence-corrected chi connectivity index (χ1v) is 14.9. The fourth-order valence-electron chi connectivity index (χ4n) is 6.21. The van der Waals surface area contributed by atoms with Crippen LogP contribution in [0.1, 0.15) is 65.3 Å². The summed E-state index contributed by atoms with van der Waals surface area (Å²) in [6, 6.07) is 5.96. The number of rotatable bonds is 8. The van der Waals surface area contributed by atoms with E-state index in [0.29, 0.717) is 47.3 Å². The Kier molecular flexibility index (Phi) is 6.89. The number of hydrogen-bond acceptors (Lipinski definition) is 10. The van der Waals surface area contributed by atoms with Gasteiger partial charge in [-0.1, -0.05) is 5.21 Å². The van der Waals surface area contributed by atoms with Gasteiger partial charge in [0.2, 0.25) is 5.91 Å². The standard InChI is InChI=1S/C26H29N9O3S2/c1-28-23(37)19-9-13-3-4-18-16(10-20(39-18)24(38)29-2)26(22(13)40-19,25-31-33-34-32-25)5-6-30-12-21(36)35-15(11-27)7-14-8-17(14)35/h9-10,14-15,17,30H,3-8,12H2,1-2H3,(H,28,37)(H,29,38)(H,31,32,33,34)/t14-,15+,17+,26?/m1/s1. The number of nitriles is 1. The Balaban J connectivity index is 1.36. The van der Waals surface area contributed by atoms with E-state index in [1.54, 1.807) is 19.0 Å². The summed E-state index contributed by atoms with van der Waals surface area (Å²) in [6.45, 7) is 0.543. The van der Waals surface area contributed by atoms with Crippen LogP contribution in [-0.2, 0) is 23.1 Å². The maximum Gasteiger partial charge on any atom is 0.261 e. The van der Waals surface area contributed by atoms with Crippen LogP contribution in [0.25, 0.3) is 0 Å². The molecule has 0 radical (unpaired) electrons. The molecule has 3 aliphatic rings.